The molecule has 11 heteroatoms. The number of hydrogen-bond donors (Lipinski definition) is 1. The van der Waals surface area contributed by atoms with Crippen molar-refractivity contribution in [1.29, 1.82) is 0 Å². The number of aliphatic hydroxyl groups is 1. The lowest BCUT2D eigenvalue weighted by Crippen LogP contribution is -2.66. The van der Waals surface area contributed by atoms with Crippen molar-refractivity contribution < 1.29 is 38.1 Å². The summed E-state index contributed by atoms with van der Waals surface area (Å²) in [7, 11) is -2.49. The predicted octanol–water partition coefficient (Wildman–Crippen LogP) is 8.92. The van der Waals surface area contributed by atoms with Crippen LogP contribution in [0.4, 0.5) is 0 Å². The van der Waals surface area contributed by atoms with Crippen LogP contribution in [-0.2, 0) is 33.0 Å². The molecule has 56 heavy (non-hydrogen) atoms. The van der Waals surface area contributed by atoms with Gasteiger partial charge in [-0.3, -0.25) is 9.59 Å². The number of carbonyl (C=O) groups excluding carboxylic acids is 2. The molecule has 0 aliphatic carbocycles. The Labute approximate surface area is 346 Å². The highest BCUT2D eigenvalue weighted by molar-refractivity contribution is 6.99. The average molecular weight is 832 g/mol. The topological polar surface area (TPSA) is 101 Å². The van der Waals surface area contributed by atoms with Gasteiger partial charge in [0.1, 0.15) is 12.2 Å². The number of cyclic esters (lactones) is 2. The first-order valence-electron chi connectivity index (χ1n) is 20.4. The zero-order valence-electron chi connectivity index (χ0n) is 33.7. The number of esters is 2. The molecule has 1 N–H and O–H groups in total. The molecule has 4 saturated heterocycles. The van der Waals surface area contributed by atoms with Crippen LogP contribution >= 0.6 is 23.2 Å². The van der Waals surface area contributed by atoms with Gasteiger partial charge in [0.25, 0.3) is 8.32 Å². The van der Waals surface area contributed by atoms with E-state index in [1.807, 2.05) is 0 Å². The predicted molar refractivity (Wildman–Crippen MR) is 227 cm³/mol. The molecule has 0 aromatic heterocycles. The Bertz CT molecular complexity index is 1480. The van der Waals surface area contributed by atoms with Gasteiger partial charge in [-0.2, -0.15) is 0 Å². The highest BCUT2D eigenvalue weighted by atomic mass is 35.5. The lowest BCUT2D eigenvalue weighted by atomic mass is 10.0. The van der Waals surface area contributed by atoms with Gasteiger partial charge in [0, 0.05) is 26.1 Å². The number of carbonyl (C=O) groups is 2. The molecule has 4 fully saturated rings. The second kappa shape index (κ2) is 23.2. The van der Waals surface area contributed by atoms with E-state index in [4.69, 9.17) is 51.7 Å². The number of alkyl halides is 2. The van der Waals surface area contributed by atoms with Crippen LogP contribution in [0, 0.1) is 0 Å². The largest absolute Gasteiger partial charge is 0.462 e. The maximum atomic E-state index is 11.3. The molecule has 4 aliphatic heterocycles. The van der Waals surface area contributed by atoms with Crippen molar-refractivity contribution in [2.24, 2.45) is 0 Å². The number of ether oxygens (including phenoxy) is 4. The van der Waals surface area contributed by atoms with Crippen LogP contribution in [0.15, 0.2) is 85.0 Å². The number of rotatable bonds is 16. The SMILES string of the molecule is C=C1C[C@H](CCCO)OC1CC[C@@H]1CCC(=O)O1.C=C1C[C@H](CCCO[Si](c2ccccc2)(c2ccccc2)C(C)(C)C)OC1CC[C@@H]1CCC(=O)O1.ClCCl. The third-order valence-corrected chi connectivity index (χ3v) is 16.2. The van der Waals surface area contributed by atoms with Gasteiger partial charge in [0.05, 0.1) is 29.8 Å². The third kappa shape index (κ3) is 13.5. The summed E-state index contributed by atoms with van der Waals surface area (Å²) >= 11 is 9.53. The van der Waals surface area contributed by atoms with Crippen LogP contribution < -0.4 is 10.4 Å². The van der Waals surface area contributed by atoms with Crippen LogP contribution in [0.2, 0.25) is 5.04 Å². The lowest BCUT2D eigenvalue weighted by Gasteiger charge is -2.43. The molecule has 0 bridgehead atoms. The first kappa shape index (κ1) is 46.2. The summed E-state index contributed by atoms with van der Waals surface area (Å²) in [6.07, 6.45) is 12.4. The van der Waals surface area contributed by atoms with Gasteiger partial charge in [-0.1, -0.05) is 94.6 Å². The summed E-state index contributed by atoms with van der Waals surface area (Å²) in [6, 6.07) is 21.6. The molecule has 4 aliphatic rings. The number of benzene rings is 2. The zero-order valence-corrected chi connectivity index (χ0v) is 36.2. The molecular weight excluding hydrogens is 767 g/mol. The van der Waals surface area contributed by atoms with E-state index < -0.39 is 8.32 Å². The fourth-order valence-electron chi connectivity index (χ4n) is 8.35. The van der Waals surface area contributed by atoms with Gasteiger partial charge in [0.15, 0.2) is 0 Å². The Morgan fingerprint density at radius 3 is 1.50 bits per heavy atom. The van der Waals surface area contributed by atoms with E-state index in [0.29, 0.717) is 19.4 Å². The minimum Gasteiger partial charge on any atom is -0.462 e. The Morgan fingerprint density at radius 2 is 1.12 bits per heavy atom. The summed E-state index contributed by atoms with van der Waals surface area (Å²) in [5.41, 5.74) is 2.31. The first-order chi connectivity index (χ1) is 26.9. The van der Waals surface area contributed by atoms with E-state index >= 15 is 0 Å². The molecule has 0 radical (unpaired) electrons. The van der Waals surface area contributed by atoms with Crippen molar-refractivity contribution in [3.8, 4) is 0 Å². The van der Waals surface area contributed by atoms with Gasteiger partial charge in [-0.25, -0.2) is 0 Å². The molecule has 2 aromatic carbocycles. The smallest absolute Gasteiger partial charge is 0.306 e. The number of halogens is 2. The molecule has 0 spiro atoms. The van der Waals surface area contributed by atoms with Gasteiger partial charge >= 0.3 is 11.9 Å². The third-order valence-electron chi connectivity index (χ3n) is 11.1. The highest BCUT2D eigenvalue weighted by Gasteiger charge is 2.50. The van der Waals surface area contributed by atoms with E-state index in [1.54, 1.807) is 0 Å². The molecule has 4 heterocycles. The van der Waals surface area contributed by atoms with Gasteiger partial charge in [-0.05, 0) is 104 Å². The fourth-order valence-corrected chi connectivity index (χ4v) is 13.0. The van der Waals surface area contributed by atoms with Gasteiger partial charge in [-0.15, -0.1) is 23.2 Å². The fraction of sp³-hybridized carbons (Fsp3) is 0.600. The molecular formula is C45H64Cl2O8Si. The Kier molecular flexibility index (Phi) is 19.1. The van der Waals surface area contributed by atoms with E-state index in [-0.39, 0.29) is 65.5 Å². The normalized spacial score (nSPS) is 25.0. The van der Waals surface area contributed by atoms with E-state index in [9.17, 15) is 9.59 Å². The molecule has 310 valence electrons. The van der Waals surface area contributed by atoms with E-state index in [1.165, 1.54) is 15.9 Å². The molecule has 0 saturated carbocycles. The summed E-state index contributed by atoms with van der Waals surface area (Å²) in [4.78, 5) is 22.3. The monoisotopic (exact) mass is 830 g/mol. The minimum atomic E-state index is -2.49. The summed E-state index contributed by atoms with van der Waals surface area (Å²) in [5, 5.41) is 11.6. The van der Waals surface area contributed by atoms with Crippen LogP contribution in [0.5, 0.6) is 0 Å². The van der Waals surface area contributed by atoms with Crippen molar-refractivity contribution in [2.45, 2.75) is 152 Å². The standard InChI is InChI=1S/C30H40O4Si.C14H22O4.CH2Cl2/c1-23-22-25(33-28(23)19-17-24-18-20-29(31)34-24)12-11-21-32-35(30(2,3)4,26-13-7-5-8-14-26)27-15-9-6-10-16-27;1-10-9-12(3-2-8-15)17-13(10)6-4-11-5-7-14(16)18-11;2-1-3/h5-10,13-16,24-25,28H,1,11-12,17-22H2,2-4H3;11-13,15H,1-9H2;1H2/t24-,25+,28?;11-,12+,13?;/m11./s1. The Hall–Kier alpha value is -2.50. The Balaban J connectivity index is 0.000000277. The lowest BCUT2D eigenvalue weighted by molar-refractivity contribution is -0.142. The second-order valence-electron chi connectivity index (χ2n) is 16.3. The van der Waals surface area contributed by atoms with Crippen LogP contribution in [0.1, 0.15) is 111 Å². The molecule has 6 atom stereocenters. The van der Waals surface area contributed by atoms with Crippen molar-refractivity contribution in [3.05, 3.63) is 85.0 Å². The van der Waals surface area contributed by atoms with Crippen LogP contribution in [0.3, 0.4) is 0 Å². The van der Waals surface area contributed by atoms with Gasteiger partial charge in [0.2, 0.25) is 0 Å². The quantitative estimate of drug-likeness (QED) is 0.0589. The summed E-state index contributed by atoms with van der Waals surface area (Å²) < 4.78 is 29.8. The van der Waals surface area contributed by atoms with Crippen molar-refractivity contribution >= 4 is 53.8 Å². The van der Waals surface area contributed by atoms with Crippen LogP contribution in [-0.4, -0.2) is 80.5 Å². The first-order valence-corrected chi connectivity index (χ1v) is 23.4. The minimum absolute atomic E-state index is 0.0113. The van der Waals surface area contributed by atoms with Gasteiger partial charge < -0.3 is 28.5 Å². The zero-order chi connectivity index (χ0) is 40.6. The molecule has 2 unspecified atom stereocenters. The van der Waals surface area contributed by atoms with Crippen molar-refractivity contribution in [1.82, 2.24) is 0 Å². The molecule has 8 nitrogen and oxygen atoms in total. The Morgan fingerprint density at radius 1 is 0.696 bits per heavy atom. The molecule has 2 aromatic rings. The van der Waals surface area contributed by atoms with E-state index in [0.717, 1.165) is 82.6 Å². The number of aliphatic hydroxyl groups excluding tert-OH is 1. The maximum absolute atomic E-state index is 11.3. The maximum Gasteiger partial charge on any atom is 0.306 e. The molecule has 0 amide bonds. The average Bonchev–Trinajstić information content (AvgIpc) is 3.97. The van der Waals surface area contributed by atoms with Crippen molar-refractivity contribution in [3.63, 3.8) is 0 Å². The van der Waals surface area contributed by atoms with Crippen molar-refractivity contribution in [2.75, 3.05) is 18.6 Å². The van der Waals surface area contributed by atoms with E-state index in [2.05, 4.69) is 94.6 Å². The molecule has 6 rings (SSSR count). The highest BCUT2D eigenvalue weighted by Crippen LogP contribution is 2.38. The second-order valence-corrected chi connectivity index (χ2v) is 21.4. The summed E-state index contributed by atoms with van der Waals surface area (Å²) in [5.74, 6) is -0.146. The van der Waals surface area contributed by atoms with Crippen LogP contribution in [0.25, 0.3) is 0 Å². The number of hydrogen-bond acceptors (Lipinski definition) is 8. The summed E-state index contributed by atoms with van der Waals surface area (Å²) in [6.45, 7) is 16.2.